The number of halogens is 1. The first-order valence-corrected chi connectivity index (χ1v) is 2.39. The van der Waals surface area contributed by atoms with Crippen LogP contribution in [0.1, 0.15) is 1.43 Å². The fraction of sp³-hybridized carbons (Fsp3) is 0. The van der Waals surface area contributed by atoms with Crippen molar-refractivity contribution >= 4 is 11.6 Å². The van der Waals surface area contributed by atoms with Crippen LogP contribution < -0.4 is 0 Å². The molecule has 0 unspecified atom stereocenters. The Morgan fingerprint density at radius 1 is 1.43 bits per heavy atom. The van der Waals surface area contributed by atoms with Crippen molar-refractivity contribution in [3.63, 3.8) is 0 Å². The molecule has 0 amide bonds. The smallest absolute Gasteiger partial charge is 0.0843 e. The summed E-state index contributed by atoms with van der Waals surface area (Å²) in [5.74, 6) is 0. The van der Waals surface area contributed by atoms with Gasteiger partial charge in [0.1, 0.15) is 0 Å². The van der Waals surface area contributed by atoms with Crippen LogP contribution in [-0.2, 0) is 0 Å². The first-order valence-electron chi connectivity index (χ1n) is 2.01. The highest BCUT2D eigenvalue weighted by Gasteiger charge is 1.75. The maximum absolute atomic E-state index is 5.52. The van der Waals surface area contributed by atoms with Crippen molar-refractivity contribution in [2.45, 2.75) is 0 Å². The van der Waals surface area contributed by atoms with Crippen molar-refractivity contribution < 1.29 is 1.43 Å². The topological polar surface area (TPSA) is 0 Å². The summed E-state index contributed by atoms with van der Waals surface area (Å²) in [7, 11) is 0. The van der Waals surface area contributed by atoms with Gasteiger partial charge in [0, 0.05) is 5.02 Å². The van der Waals surface area contributed by atoms with Gasteiger partial charge in [0.25, 0.3) is 0 Å². The van der Waals surface area contributed by atoms with Crippen molar-refractivity contribution in [2.24, 2.45) is 0 Å². The Morgan fingerprint density at radius 3 is 2.29 bits per heavy atom. The van der Waals surface area contributed by atoms with E-state index in [1.165, 1.54) is 0 Å². The van der Waals surface area contributed by atoms with Gasteiger partial charge in [-0.1, -0.05) is 23.7 Å². The molecule has 35 valence electrons. The minimum absolute atomic E-state index is 0. The number of benzene rings is 1. The lowest BCUT2D eigenvalue weighted by molar-refractivity contribution is 1.69. The average molecular weight is 113 g/mol. The molecule has 1 aromatic carbocycles. The Hall–Kier alpha value is -0.490. The molecule has 0 aromatic heterocycles. The molecule has 7 heavy (non-hydrogen) atoms. The molecule has 0 bridgehead atoms. The van der Waals surface area contributed by atoms with Crippen LogP contribution in [0.25, 0.3) is 0 Å². The van der Waals surface area contributed by atoms with Gasteiger partial charge in [0.2, 0.25) is 0 Å². The fourth-order valence-corrected chi connectivity index (χ4v) is 0.493. The molecule has 0 aliphatic rings. The quantitative estimate of drug-likeness (QED) is 0.483. The van der Waals surface area contributed by atoms with E-state index in [0.717, 1.165) is 5.02 Å². The third-order valence-electron chi connectivity index (χ3n) is 0.678. The van der Waals surface area contributed by atoms with Crippen LogP contribution in [-0.4, -0.2) is 0 Å². The normalized spacial score (nSPS) is 8.71. The highest BCUT2D eigenvalue weighted by atomic mass is 35.5. The molecule has 0 nitrogen and oxygen atoms in total. The van der Waals surface area contributed by atoms with Gasteiger partial charge in [-0.15, -0.1) is 0 Å². The molecule has 1 aromatic rings. The van der Waals surface area contributed by atoms with E-state index in [9.17, 15) is 0 Å². The van der Waals surface area contributed by atoms with Crippen molar-refractivity contribution in [1.29, 1.82) is 0 Å². The zero-order chi connectivity index (χ0) is 5.11. The van der Waals surface area contributed by atoms with Crippen molar-refractivity contribution in [1.82, 2.24) is 0 Å². The molecule has 0 heterocycles. The van der Waals surface area contributed by atoms with Gasteiger partial charge in [-0.2, -0.15) is 0 Å². The summed E-state index contributed by atoms with van der Waals surface area (Å²) in [5, 5.41) is 0.763. The summed E-state index contributed by atoms with van der Waals surface area (Å²) in [4.78, 5) is 0. The summed E-state index contributed by atoms with van der Waals surface area (Å²) >= 11 is 5.52. The molecule has 0 saturated carbocycles. The molecule has 0 atom stereocenters. The van der Waals surface area contributed by atoms with Gasteiger partial charge >= 0.3 is 1.43 Å². The number of rotatable bonds is 0. The summed E-state index contributed by atoms with van der Waals surface area (Å²) < 4.78 is 0. The Balaban J connectivity index is 0.000000490. The Morgan fingerprint density at radius 2 is 2.00 bits per heavy atom. The van der Waals surface area contributed by atoms with Crippen LogP contribution >= 0.6 is 11.6 Å². The fourth-order valence-electron chi connectivity index (χ4n) is 0.367. The van der Waals surface area contributed by atoms with Crippen molar-refractivity contribution in [3.8, 4) is 0 Å². The van der Waals surface area contributed by atoms with Gasteiger partial charge in [0.05, 0.1) is 0 Å². The largest absolute Gasteiger partial charge is 1.00 e. The highest BCUT2D eigenvalue weighted by Crippen LogP contribution is 2.03. The third-order valence-corrected chi connectivity index (χ3v) is 0.930. The van der Waals surface area contributed by atoms with Gasteiger partial charge in [-0.3, -0.25) is 0 Å². The Kier molecular flexibility index (Phi) is 1.32. The molecule has 0 aliphatic heterocycles. The molecular weight excluding hydrogens is 108 g/mol. The maximum Gasteiger partial charge on any atom is 1.00 e. The molecule has 0 N–H and O–H groups in total. The van der Waals surface area contributed by atoms with Crippen LogP contribution in [0.4, 0.5) is 0 Å². The van der Waals surface area contributed by atoms with E-state index in [2.05, 4.69) is 6.07 Å². The van der Waals surface area contributed by atoms with E-state index in [-0.39, 0.29) is 1.43 Å². The summed E-state index contributed by atoms with van der Waals surface area (Å²) in [5.41, 5.74) is 0. The van der Waals surface area contributed by atoms with E-state index in [1.54, 1.807) is 24.3 Å². The molecule has 0 spiro atoms. The zero-order valence-electron chi connectivity index (χ0n) is 4.69. The Labute approximate surface area is 49.2 Å². The van der Waals surface area contributed by atoms with Crippen LogP contribution in [0.2, 0.25) is 5.02 Å². The summed E-state index contributed by atoms with van der Waals surface area (Å²) in [6.45, 7) is 0. The second kappa shape index (κ2) is 1.99. The van der Waals surface area contributed by atoms with E-state index < -0.39 is 0 Å². The first kappa shape index (κ1) is 4.66. The standard InChI is InChI=1S/C6H4Cl/c7-6-4-2-1-3-5-6/h2-5H/p+1. The molecule has 0 saturated heterocycles. The number of hydrogen-bond donors (Lipinski definition) is 0. The summed E-state index contributed by atoms with van der Waals surface area (Å²) in [6.07, 6.45) is 0. The minimum atomic E-state index is 0. The zero-order valence-corrected chi connectivity index (χ0v) is 4.44. The van der Waals surface area contributed by atoms with E-state index in [0.29, 0.717) is 0 Å². The van der Waals surface area contributed by atoms with Gasteiger partial charge in [-0.05, 0) is 18.2 Å². The van der Waals surface area contributed by atoms with Crippen LogP contribution in [0.15, 0.2) is 24.3 Å². The molecular formula is C6H5Cl+. The van der Waals surface area contributed by atoms with Gasteiger partial charge in [-0.25, -0.2) is 0 Å². The SMILES string of the molecule is Clc1cc[c]cc1.[H+]. The molecule has 1 rings (SSSR count). The van der Waals surface area contributed by atoms with Crippen LogP contribution in [0.3, 0.4) is 0 Å². The molecule has 0 fully saturated rings. The third kappa shape index (κ3) is 1.20. The van der Waals surface area contributed by atoms with Gasteiger partial charge < -0.3 is 0 Å². The summed E-state index contributed by atoms with van der Waals surface area (Å²) in [6, 6.07) is 10.00. The maximum atomic E-state index is 5.52. The van der Waals surface area contributed by atoms with E-state index in [4.69, 9.17) is 11.6 Å². The van der Waals surface area contributed by atoms with Crippen molar-refractivity contribution in [2.75, 3.05) is 0 Å². The highest BCUT2D eigenvalue weighted by molar-refractivity contribution is 6.30. The lowest BCUT2D eigenvalue weighted by atomic mass is 10.4. The minimum Gasteiger partial charge on any atom is -0.0843 e. The van der Waals surface area contributed by atoms with Crippen LogP contribution in [0.5, 0.6) is 0 Å². The lowest BCUT2D eigenvalue weighted by Gasteiger charge is -1.79. The lowest BCUT2D eigenvalue weighted by Crippen LogP contribution is -1.56. The molecule has 1 radical (unpaired) electrons. The second-order valence-corrected chi connectivity index (χ2v) is 1.65. The average Bonchev–Trinajstić information content (AvgIpc) is 1.69. The Bertz CT molecular complexity index is 138. The van der Waals surface area contributed by atoms with Crippen molar-refractivity contribution in [3.05, 3.63) is 35.4 Å². The second-order valence-electron chi connectivity index (χ2n) is 1.22. The molecule has 1 heteroatoms. The van der Waals surface area contributed by atoms with E-state index in [1.807, 2.05) is 0 Å². The predicted octanol–water partition coefficient (Wildman–Crippen LogP) is 2.25. The first-order chi connectivity index (χ1) is 3.39. The predicted molar refractivity (Wildman–Crippen MR) is 31.4 cm³/mol. The monoisotopic (exact) mass is 112 g/mol. The van der Waals surface area contributed by atoms with E-state index >= 15 is 0 Å². The molecule has 0 aliphatic carbocycles. The number of hydrogen-bond acceptors (Lipinski definition) is 0. The van der Waals surface area contributed by atoms with Crippen LogP contribution in [0, 0.1) is 6.07 Å². The van der Waals surface area contributed by atoms with Gasteiger partial charge in [0.15, 0.2) is 0 Å².